The van der Waals surface area contributed by atoms with Crippen molar-refractivity contribution >= 4 is 21.9 Å². The molecule has 5 heteroatoms. The second-order valence-corrected chi connectivity index (χ2v) is 3.95. The van der Waals surface area contributed by atoms with Crippen molar-refractivity contribution in [3.8, 4) is 5.75 Å². The number of rotatable bonds is 3. The minimum Gasteiger partial charge on any atom is -0.487 e. The van der Waals surface area contributed by atoms with Crippen LogP contribution < -0.4 is 10.5 Å². The number of benzene rings is 1. The Morgan fingerprint density at radius 3 is 2.67 bits per heavy atom. The summed E-state index contributed by atoms with van der Waals surface area (Å²) in [6, 6.07) is 7.64. The van der Waals surface area contributed by atoms with Crippen LogP contribution in [0.25, 0.3) is 0 Å². The third kappa shape index (κ3) is 2.73. The van der Waals surface area contributed by atoms with Crippen LogP contribution in [0.1, 0.15) is 5.69 Å². The zero-order valence-corrected chi connectivity index (χ0v) is 9.49. The van der Waals surface area contributed by atoms with E-state index in [9.17, 15) is 0 Å². The molecule has 0 fully saturated rings. The average Bonchev–Trinajstić information content (AvgIpc) is 2.64. The molecule has 0 saturated heterocycles. The van der Waals surface area contributed by atoms with Crippen LogP contribution in [-0.4, -0.2) is 9.97 Å². The molecule has 0 atom stereocenters. The summed E-state index contributed by atoms with van der Waals surface area (Å²) in [6.07, 6.45) is 1.66. The number of hydrogen-bond donors (Lipinski definition) is 2. The summed E-state index contributed by atoms with van der Waals surface area (Å²) in [5.41, 5.74) is 6.30. The number of nitrogens with zero attached hydrogens (tertiary/aromatic N) is 1. The Hall–Kier alpha value is -1.49. The van der Waals surface area contributed by atoms with Gasteiger partial charge in [-0.1, -0.05) is 15.9 Å². The fourth-order valence-corrected chi connectivity index (χ4v) is 1.41. The van der Waals surface area contributed by atoms with Crippen LogP contribution in [0, 0.1) is 0 Å². The van der Waals surface area contributed by atoms with E-state index in [2.05, 4.69) is 25.9 Å². The van der Waals surface area contributed by atoms with E-state index < -0.39 is 0 Å². The van der Waals surface area contributed by atoms with Gasteiger partial charge in [0, 0.05) is 4.47 Å². The Bertz CT molecular complexity index is 438. The van der Waals surface area contributed by atoms with Gasteiger partial charge in [-0.2, -0.15) is 0 Å². The van der Waals surface area contributed by atoms with Crippen molar-refractivity contribution in [2.75, 3.05) is 5.73 Å². The Balaban J connectivity index is 1.96. The molecule has 0 aliphatic rings. The highest BCUT2D eigenvalue weighted by molar-refractivity contribution is 9.10. The second kappa shape index (κ2) is 4.35. The van der Waals surface area contributed by atoms with Crippen LogP contribution in [0.15, 0.2) is 34.9 Å². The van der Waals surface area contributed by atoms with Crippen LogP contribution in [0.5, 0.6) is 5.75 Å². The summed E-state index contributed by atoms with van der Waals surface area (Å²) in [4.78, 5) is 6.77. The number of halogens is 1. The number of H-pyrrole nitrogens is 1. The zero-order valence-electron chi connectivity index (χ0n) is 7.90. The lowest BCUT2D eigenvalue weighted by Gasteiger charge is -2.03. The topological polar surface area (TPSA) is 63.9 Å². The lowest BCUT2D eigenvalue weighted by Crippen LogP contribution is -1.96. The van der Waals surface area contributed by atoms with E-state index in [1.54, 1.807) is 6.20 Å². The van der Waals surface area contributed by atoms with Gasteiger partial charge in [0.15, 0.2) is 5.95 Å². The standard InChI is InChI=1S/C10H10BrN3O/c11-7-1-3-9(4-2-7)15-6-8-5-13-10(12)14-8/h1-5H,6H2,(H3,12,13,14). The number of nitrogens with two attached hydrogens (primary N) is 1. The molecule has 2 rings (SSSR count). The summed E-state index contributed by atoms with van der Waals surface area (Å²) in [7, 11) is 0. The molecule has 0 spiro atoms. The molecule has 0 unspecified atom stereocenters. The molecule has 0 amide bonds. The van der Waals surface area contributed by atoms with Gasteiger partial charge in [-0.25, -0.2) is 4.98 Å². The molecule has 3 N–H and O–H groups in total. The van der Waals surface area contributed by atoms with Crippen molar-refractivity contribution in [2.45, 2.75) is 6.61 Å². The highest BCUT2D eigenvalue weighted by Crippen LogP contribution is 2.17. The van der Waals surface area contributed by atoms with E-state index in [1.807, 2.05) is 24.3 Å². The van der Waals surface area contributed by atoms with Crippen molar-refractivity contribution < 1.29 is 4.74 Å². The number of nitrogens with one attached hydrogen (secondary N) is 1. The molecular formula is C10H10BrN3O. The highest BCUT2D eigenvalue weighted by atomic mass is 79.9. The summed E-state index contributed by atoms with van der Waals surface area (Å²) in [6.45, 7) is 0.436. The molecule has 0 saturated carbocycles. The zero-order chi connectivity index (χ0) is 10.7. The maximum atomic E-state index is 5.51. The van der Waals surface area contributed by atoms with E-state index >= 15 is 0 Å². The quantitative estimate of drug-likeness (QED) is 0.897. The van der Waals surface area contributed by atoms with Crippen LogP contribution >= 0.6 is 15.9 Å². The maximum Gasteiger partial charge on any atom is 0.197 e. The van der Waals surface area contributed by atoms with Gasteiger partial charge >= 0.3 is 0 Å². The van der Waals surface area contributed by atoms with Gasteiger partial charge in [0.2, 0.25) is 0 Å². The number of imidazole rings is 1. The molecule has 1 heterocycles. The number of aromatic amines is 1. The monoisotopic (exact) mass is 267 g/mol. The molecule has 0 aliphatic carbocycles. The van der Waals surface area contributed by atoms with Crippen LogP contribution in [0.3, 0.4) is 0 Å². The molecule has 15 heavy (non-hydrogen) atoms. The smallest absolute Gasteiger partial charge is 0.197 e. The van der Waals surface area contributed by atoms with Crippen LogP contribution in [0.2, 0.25) is 0 Å². The van der Waals surface area contributed by atoms with Gasteiger partial charge in [-0.15, -0.1) is 0 Å². The number of ether oxygens (including phenoxy) is 1. The number of anilines is 1. The average molecular weight is 268 g/mol. The molecule has 0 bridgehead atoms. The maximum absolute atomic E-state index is 5.51. The van der Waals surface area contributed by atoms with E-state index in [1.165, 1.54) is 0 Å². The molecule has 1 aromatic carbocycles. The van der Waals surface area contributed by atoms with Crippen molar-refractivity contribution in [3.63, 3.8) is 0 Å². The minimum absolute atomic E-state index is 0.407. The van der Waals surface area contributed by atoms with Gasteiger partial charge < -0.3 is 15.5 Å². The van der Waals surface area contributed by atoms with Crippen molar-refractivity contribution in [2.24, 2.45) is 0 Å². The molecular weight excluding hydrogens is 258 g/mol. The van der Waals surface area contributed by atoms with Gasteiger partial charge in [-0.05, 0) is 24.3 Å². The van der Waals surface area contributed by atoms with Crippen molar-refractivity contribution in [1.82, 2.24) is 9.97 Å². The van der Waals surface area contributed by atoms with Gasteiger partial charge in [0.05, 0.1) is 11.9 Å². The van der Waals surface area contributed by atoms with E-state index in [4.69, 9.17) is 10.5 Å². The van der Waals surface area contributed by atoms with Crippen LogP contribution in [0.4, 0.5) is 5.95 Å². The third-order valence-electron chi connectivity index (χ3n) is 1.86. The first kappa shape index (κ1) is 10.0. The predicted molar refractivity (Wildman–Crippen MR) is 61.5 cm³/mol. The molecule has 2 aromatic rings. The first-order valence-electron chi connectivity index (χ1n) is 4.42. The Kier molecular flexibility index (Phi) is 2.91. The van der Waals surface area contributed by atoms with E-state index in [0.29, 0.717) is 12.6 Å². The molecule has 78 valence electrons. The van der Waals surface area contributed by atoms with Gasteiger partial charge in [-0.3, -0.25) is 0 Å². The number of nitrogen functional groups attached to an aromatic ring is 1. The SMILES string of the molecule is Nc1ncc(COc2ccc(Br)cc2)[nH]1. The first-order chi connectivity index (χ1) is 7.24. The minimum atomic E-state index is 0.407. The van der Waals surface area contributed by atoms with Gasteiger partial charge in [0.25, 0.3) is 0 Å². The largest absolute Gasteiger partial charge is 0.487 e. The molecule has 4 nitrogen and oxygen atoms in total. The Morgan fingerprint density at radius 1 is 1.33 bits per heavy atom. The fourth-order valence-electron chi connectivity index (χ4n) is 1.14. The second-order valence-electron chi connectivity index (χ2n) is 3.04. The summed E-state index contributed by atoms with van der Waals surface area (Å²) < 4.78 is 6.54. The van der Waals surface area contributed by atoms with Crippen molar-refractivity contribution in [1.29, 1.82) is 0 Å². The summed E-state index contributed by atoms with van der Waals surface area (Å²) in [5, 5.41) is 0. The third-order valence-corrected chi connectivity index (χ3v) is 2.38. The Labute approximate surface area is 95.6 Å². The molecule has 0 radical (unpaired) electrons. The van der Waals surface area contributed by atoms with E-state index in [-0.39, 0.29) is 0 Å². The Morgan fingerprint density at radius 2 is 2.07 bits per heavy atom. The predicted octanol–water partition coefficient (Wildman–Crippen LogP) is 2.33. The van der Waals surface area contributed by atoms with Gasteiger partial charge in [0.1, 0.15) is 12.4 Å². The summed E-state index contributed by atoms with van der Waals surface area (Å²) >= 11 is 3.36. The lowest BCUT2D eigenvalue weighted by molar-refractivity contribution is 0.302. The number of aromatic nitrogens is 2. The van der Waals surface area contributed by atoms with Crippen molar-refractivity contribution in [3.05, 3.63) is 40.6 Å². The summed E-state index contributed by atoms with van der Waals surface area (Å²) in [5.74, 6) is 1.22. The van der Waals surface area contributed by atoms with E-state index in [0.717, 1.165) is 15.9 Å². The molecule has 0 aliphatic heterocycles. The number of hydrogen-bond acceptors (Lipinski definition) is 3. The van der Waals surface area contributed by atoms with Crippen LogP contribution in [-0.2, 0) is 6.61 Å². The fraction of sp³-hybridized carbons (Fsp3) is 0.100. The lowest BCUT2D eigenvalue weighted by atomic mass is 10.3. The first-order valence-corrected chi connectivity index (χ1v) is 5.21. The normalized spacial score (nSPS) is 10.2. The highest BCUT2D eigenvalue weighted by Gasteiger charge is 1.98. The molecule has 1 aromatic heterocycles.